The number of nitrogens with one attached hydrogen (secondary N) is 3. The van der Waals surface area contributed by atoms with E-state index in [-0.39, 0.29) is 51.8 Å². The van der Waals surface area contributed by atoms with Crippen LogP contribution in [0.4, 0.5) is 56.9 Å². The van der Waals surface area contributed by atoms with Crippen LogP contribution in [0.1, 0.15) is 221 Å². The number of carbonyl (C=O) groups excluding carboxylic acids is 3. The molecule has 0 aromatic heterocycles. The van der Waals surface area contributed by atoms with Gasteiger partial charge in [0.1, 0.15) is 0 Å². The number of nitrogens with two attached hydrogens (primary N) is 1. The Balaban J connectivity index is 0.000000137. The molecule has 4 saturated carbocycles. The zero-order chi connectivity index (χ0) is 94.2. The second-order valence-corrected chi connectivity index (χ2v) is 44.0. The van der Waals surface area contributed by atoms with Crippen LogP contribution in [0, 0.1) is 38.5 Å². The third-order valence-corrected chi connectivity index (χ3v) is 32.5. The van der Waals surface area contributed by atoms with Crippen molar-refractivity contribution in [3.05, 3.63) is 300 Å². The van der Waals surface area contributed by atoms with Gasteiger partial charge in [-0.1, -0.05) is 206 Å². The van der Waals surface area contributed by atoms with Gasteiger partial charge in [0.05, 0.1) is 16.0 Å². The molecule has 0 radical (unpaired) electrons. The second-order valence-electron chi connectivity index (χ2n) is 35.7. The summed E-state index contributed by atoms with van der Waals surface area (Å²) in [5.41, 5.74) is 47.0. The van der Waals surface area contributed by atoms with Gasteiger partial charge >= 0.3 is 0 Å². The monoisotopic (exact) mass is 2050 g/mol. The molecular weight excluding hydrogens is 1950 g/mol. The van der Waals surface area contributed by atoms with E-state index in [1.807, 2.05) is 53.4 Å². The molecule has 5 N–H and O–H groups in total. The Morgan fingerprint density at radius 1 is 0.398 bits per heavy atom. The highest BCUT2D eigenvalue weighted by atomic mass is 79.9. The highest BCUT2D eigenvalue weighted by Gasteiger charge is 2.49. The van der Waals surface area contributed by atoms with Gasteiger partial charge in [0.2, 0.25) is 27.7 Å². The molecule has 30 heteroatoms. The number of benzene rings is 10. The van der Waals surface area contributed by atoms with E-state index in [0.29, 0.717) is 42.1 Å². The number of nitrogens with zero attached hydrogens (tertiary/aromatic N) is 10. The third kappa shape index (κ3) is 20.5. The molecule has 18 rings (SSSR count). The van der Waals surface area contributed by atoms with Crippen molar-refractivity contribution in [3.8, 4) is 24.7 Å². The quantitative estimate of drug-likeness (QED) is 0.0253. The van der Waals surface area contributed by atoms with Crippen molar-refractivity contribution in [3.63, 3.8) is 0 Å². The second kappa shape index (κ2) is 41.1. The minimum atomic E-state index is -4.08. The Morgan fingerprint density at radius 3 is 0.985 bits per heavy atom. The number of sulfonamides is 3. The number of azide groups is 2. The van der Waals surface area contributed by atoms with Crippen LogP contribution in [0.2, 0.25) is 5.02 Å². The number of rotatable bonds is 19. The largest absolute Gasteiger partial charge is 0.341 e. The third-order valence-electron chi connectivity index (χ3n) is 27.4. The molecule has 688 valence electrons. The topological polar surface area (TPSA) is 326 Å². The number of fused-ring (bicyclic) bond motifs is 16. The minimum absolute atomic E-state index is 0.00227. The Kier molecular flexibility index (Phi) is 29.9. The van der Waals surface area contributed by atoms with Crippen molar-refractivity contribution < 1.29 is 39.6 Å². The number of hydrogen-bond acceptors (Lipinski definition) is 16. The van der Waals surface area contributed by atoms with Crippen LogP contribution >= 0.6 is 59.4 Å². The average Bonchev–Trinajstić information content (AvgIpc) is 0.729. The average molecular weight is 2060 g/mol. The molecule has 4 aliphatic carbocycles. The van der Waals surface area contributed by atoms with Crippen molar-refractivity contribution in [2.45, 2.75) is 199 Å². The Bertz CT molecular complexity index is 6470. The summed E-state index contributed by atoms with van der Waals surface area (Å²) in [6, 6.07) is 61.7. The summed E-state index contributed by atoms with van der Waals surface area (Å²) < 4.78 is 83.5. The zero-order valence-electron chi connectivity index (χ0n) is 74.6. The maximum absolute atomic E-state index is 12.9. The molecule has 4 spiro atoms. The first-order chi connectivity index (χ1) is 63.9. The number of aryl methyl sites for hydroxylation is 2. The molecule has 10 aromatic rings. The SMILES string of the molecule is C#Cc1ccc(S(=O)(=O)NC(=O)CCN2c3ccc(Br)cc3C3(CCCCC3)c3cc(Br)ccc32)cc1.C#Cc1ccc(S(=O)(=O)NC(=O)CCN2c3ccc(N=[N+]=[N-])cc3C3(CCCCC3)c3cc(N=[N+]=[N-])ccc32)cc1.Cc1ccc2c(c1)C1(CCCCC1)c1cc(Br)ccc1N2CCC(=O)NS(C)(=O)=O.Cc1ccc2c(c1)C1(CCCCC1)c1cc(Cl)ccc1N2CCCN. The summed E-state index contributed by atoms with van der Waals surface area (Å²) in [4.78, 5) is 52.6. The maximum atomic E-state index is 12.9. The summed E-state index contributed by atoms with van der Waals surface area (Å²) in [6.45, 7) is 6.93. The maximum Gasteiger partial charge on any atom is 0.264 e. The van der Waals surface area contributed by atoms with Gasteiger partial charge in [0.15, 0.2) is 0 Å². The molecule has 4 fully saturated rings. The fourth-order valence-corrected chi connectivity index (χ4v) is 25.3. The van der Waals surface area contributed by atoms with Crippen molar-refractivity contribution in [1.82, 2.24) is 14.2 Å². The number of halogens is 4. The number of amides is 3. The van der Waals surface area contributed by atoms with Crippen molar-refractivity contribution in [2.75, 3.05) is 58.6 Å². The lowest BCUT2D eigenvalue weighted by atomic mass is 9.62. The van der Waals surface area contributed by atoms with Gasteiger partial charge in [-0.25, -0.2) is 34.7 Å². The first kappa shape index (κ1) is 96.7. The van der Waals surface area contributed by atoms with Crippen LogP contribution in [-0.4, -0.2) is 82.0 Å². The van der Waals surface area contributed by atoms with Crippen molar-refractivity contribution in [1.29, 1.82) is 0 Å². The lowest BCUT2D eigenvalue weighted by Crippen LogP contribution is -2.40. The molecule has 0 saturated heterocycles. The molecule has 8 aliphatic rings. The van der Waals surface area contributed by atoms with E-state index in [0.717, 1.165) is 141 Å². The van der Waals surface area contributed by atoms with Gasteiger partial charge in [0, 0.05) is 163 Å². The van der Waals surface area contributed by atoms with Crippen molar-refractivity contribution in [2.24, 2.45) is 16.0 Å². The minimum Gasteiger partial charge on any atom is -0.341 e. The van der Waals surface area contributed by atoms with E-state index in [1.165, 1.54) is 175 Å². The standard InChI is InChI=1S/C29H26Br2N2O3S.C29H26N8O3S.C23H27BrN2O3S.C22H27ClN2/c1-2-20-6-10-23(11-7-20)37(35,36)32-28(34)14-17-33-26-12-8-21(30)18-24(26)29(15-4-3-5-16-29)25-19-22(31)9-13-27(25)33;1-2-20-6-10-23(11-7-20)41(39,40)34-28(38)14-17-37-26-12-8-21(32-35-30)18-24(26)29(15-4-3-5-16-29)25-19-22(33-36-31)9-13-27(25)37;1-16-6-8-20-18(14-16)23(11-4-3-5-12-23)19-15-17(24)7-9-21(19)26(20)13-10-22(27)25-30(2,28)29;1-16-6-8-20-18(14-16)22(10-3-2-4-11-22)19-15-17(23)7-9-21(19)25(20)13-5-12-24/h1,6-13,18-19H,3-5,14-17H2,(H,32,34);1,6-13,18-19H,3-5,14-17H2,(H,34,38);6-9,14-15H,3-5,10-13H2,1-2H3,(H,25,27);6-9,14-15H,2-5,10-13,24H2,1H3. The Labute approximate surface area is 810 Å². The molecule has 10 aromatic carbocycles. The number of terminal acetylenes is 2. The first-order valence-corrected chi connectivity index (χ1v) is 52.9. The van der Waals surface area contributed by atoms with Crippen LogP contribution in [0.5, 0.6) is 0 Å². The van der Waals surface area contributed by atoms with Gasteiger partial charge in [-0.3, -0.25) is 19.1 Å². The summed E-state index contributed by atoms with van der Waals surface area (Å²) in [5.74, 6) is 3.18. The molecule has 0 bridgehead atoms. The molecule has 3 amide bonds. The highest BCUT2D eigenvalue weighted by molar-refractivity contribution is 9.11. The van der Waals surface area contributed by atoms with Gasteiger partial charge in [-0.15, -0.1) is 12.8 Å². The molecule has 0 atom stereocenters. The fraction of sp³-hybridized carbons (Fsp3) is 0.350. The lowest BCUT2D eigenvalue weighted by Gasteiger charge is -2.48. The normalized spacial score (nSPS) is 16.4. The van der Waals surface area contributed by atoms with Crippen molar-refractivity contribution >= 4 is 164 Å². The van der Waals surface area contributed by atoms with Crippen LogP contribution in [0.25, 0.3) is 20.9 Å². The predicted octanol–water partition coefficient (Wildman–Crippen LogP) is 24.6. The molecule has 4 aliphatic heterocycles. The van der Waals surface area contributed by atoms with E-state index in [9.17, 15) is 39.6 Å². The smallest absolute Gasteiger partial charge is 0.264 e. The van der Waals surface area contributed by atoms with Gasteiger partial charge in [-0.05, 0) is 291 Å². The Morgan fingerprint density at radius 2 is 0.677 bits per heavy atom. The zero-order valence-corrected chi connectivity index (χ0v) is 82.6. The summed E-state index contributed by atoms with van der Waals surface area (Å²) in [7, 11) is -11.6. The summed E-state index contributed by atoms with van der Waals surface area (Å²) in [6.07, 6.45) is 35.5. The molecule has 133 heavy (non-hydrogen) atoms. The lowest BCUT2D eigenvalue weighted by molar-refractivity contribution is -0.120. The van der Waals surface area contributed by atoms with E-state index in [4.69, 9.17) is 41.2 Å². The van der Waals surface area contributed by atoms with E-state index in [1.54, 1.807) is 12.1 Å². The van der Waals surface area contributed by atoms with E-state index >= 15 is 0 Å². The van der Waals surface area contributed by atoms with Crippen LogP contribution < -0.4 is 39.5 Å². The predicted molar refractivity (Wildman–Crippen MR) is 540 cm³/mol. The number of anilines is 8. The molecule has 23 nitrogen and oxygen atoms in total. The summed E-state index contributed by atoms with van der Waals surface area (Å²) in [5, 5.41) is 8.50. The fourth-order valence-electron chi connectivity index (χ4n) is 21.5. The number of hydrogen-bond donors (Lipinski definition) is 4. The van der Waals surface area contributed by atoms with Crippen LogP contribution in [0.3, 0.4) is 0 Å². The first-order valence-electron chi connectivity index (χ1n) is 45.3. The van der Waals surface area contributed by atoms with E-state index in [2.05, 4.69) is 207 Å². The van der Waals surface area contributed by atoms with Gasteiger partial charge < -0.3 is 25.3 Å². The van der Waals surface area contributed by atoms with Crippen LogP contribution in [0.15, 0.2) is 228 Å². The Hall–Kier alpha value is -10.9. The molecule has 4 heterocycles. The highest BCUT2D eigenvalue weighted by Crippen LogP contribution is 2.62. The van der Waals surface area contributed by atoms with E-state index < -0.39 is 53.2 Å². The summed E-state index contributed by atoms with van der Waals surface area (Å²) >= 11 is 17.5. The molecule has 0 unspecified atom stereocenters. The number of carbonyl (C=O) groups is 3. The van der Waals surface area contributed by atoms with Crippen LogP contribution in [-0.2, 0) is 66.1 Å². The van der Waals surface area contributed by atoms with Gasteiger partial charge in [-0.2, -0.15) is 0 Å². The molecular formula is C103H106Br3ClN14O9S3. The van der Waals surface area contributed by atoms with Gasteiger partial charge in [0.25, 0.3) is 20.0 Å².